The van der Waals surface area contributed by atoms with Gasteiger partial charge in [0.15, 0.2) is 0 Å². The predicted octanol–water partition coefficient (Wildman–Crippen LogP) is 6.75. The number of ether oxygens (including phenoxy) is 1. The van der Waals surface area contributed by atoms with Crippen molar-refractivity contribution in [3.05, 3.63) is 34.9 Å². The van der Waals surface area contributed by atoms with Crippen molar-refractivity contribution in [3.8, 4) is 0 Å². The molecule has 2 N–H and O–H groups in total. The predicted molar refractivity (Wildman–Crippen MR) is 158 cm³/mol. The minimum absolute atomic E-state index is 0.121. The number of amides is 3. The molecule has 2 rings (SSSR count). The van der Waals surface area contributed by atoms with Crippen LogP contribution >= 0.6 is 0 Å². The molecule has 3 unspecified atom stereocenters. The van der Waals surface area contributed by atoms with Crippen LogP contribution < -0.4 is 10.6 Å². The first-order valence-corrected chi connectivity index (χ1v) is 15.1. The number of nitrogens with one attached hydrogen (secondary N) is 2. The molecule has 1 saturated carbocycles. The summed E-state index contributed by atoms with van der Waals surface area (Å²) in [6.45, 7) is 15.9. The van der Waals surface area contributed by atoms with Crippen molar-refractivity contribution in [3.63, 3.8) is 0 Å². The standard InChI is InChI=1S/C32H53N3O4/c1-9-11-15-21-35(30(37)27(22(3)10-2)34-31(38)39-32(6,7)8)28(26-23(4)17-16-18-24(26)5)29(36)33-25-19-13-12-14-20-25/h16-18,22,25,27-28H,9-15,19-21H2,1-8H3,(H,33,36)(H,34,38). The molecule has 0 bridgehead atoms. The van der Waals surface area contributed by atoms with Gasteiger partial charge in [-0.1, -0.05) is 77.5 Å². The lowest BCUT2D eigenvalue weighted by atomic mass is 9.90. The second kappa shape index (κ2) is 15.3. The van der Waals surface area contributed by atoms with Gasteiger partial charge in [0.2, 0.25) is 11.8 Å². The summed E-state index contributed by atoms with van der Waals surface area (Å²) in [4.78, 5) is 43.2. The molecule has 0 aliphatic heterocycles. The van der Waals surface area contributed by atoms with E-state index in [1.807, 2.05) is 45.9 Å². The summed E-state index contributed by atoms with van der Waals surface area (Å²) in [5.74, 6) is -0.513. The zero-order valence-electron chi connectivity index (χ0n) is 25.7. The Balaban J connectivity index is 2.55. The van der Waals surface area contributed by atoms with Crippen molar-refractivity contribution in [2.75, 3.05) is 6.54 Å². The van der Waals surface area contributed by atoms with E-state index in [1.165, 1.54) is 6.42 Å². The molecule has 0 aromatic heterocycles. The Kier molecular flexibility index (Phi) is 12.8. The van der Waals surface area contributed by atoms with Crippen LogP contribution in [0.25, 0.3) is 0 Å². The summed E-state index contributed by atoms with van der Waals surface area (Å²) in [5.41, 5.74) is 2.14. The van der Waals surface area contributed by atoms with Crippen molar-refractivity contribution in [2.24, 2.45) is 5.92 Å². The van der Waals surface area contributed by atoms with E-state index in [0.29, 0.717) is 13.0 Å². The first-order chi connectivity index (χ1) is 18.4. The lowest BCUT2D eigenvalue weighted by Crippen LogP contribution is -2.56. The fourth-order valence-corrected chi connectivity index (χ4v) is 5.41. The van der Waals surface area contributed by atoms with Gasteiger partial charge in [-0.15, -0.1) is 0 Å². The zero-order valence-corrected chi connectivity index (χ0v) is 25.7. The van der Waals surface area contributed by atoms with E-state index in [0.717, 1.165) is 61.6 Å². The smallest absolute Gasteiger partial charge is 0.408 e. The van der Waals surface area contributed by atoms with Gasteiger partial charge < -0.3 is 20.3 Å². The minimum atomic E-state index is -0.805. The van der Waals surface area contributed by atoms with E-state index in [-0.39, 0.29) is 23.8 Å². The monoisotopic (exact) mass is 543 g/mol. The largest absolute Gasteiger partial charge is 0.444 e. The molecule has 1 aromatic carbocycles. The van der Waals surface area contributed by atoms with Crippen LogP contribution in [-0.2, 0) is 14.3 Å². The summed E-state index contributed by atoms with van der Waals surface area (Å²) in [5, 5.41) is 6.17. The van der Waals surface area contributed by atoms with Crippen LogP contribution in [0.5, 0.6) is 0 Å². The molecule has 1 aromatic rings. The number of unbranched alkanes of at least 4 members (excludes halogenated alkanes) is 2. The van der Waals surface area contributed by atoms with Gasteiger partial charge in [0.05, 0.1) is 0 Å². The fraction of sp³-hybridized carbons (Fsp3) is 0.719. The van der Waals surface area contributed by atoms with Crippen LogP contribution in [0.3, 0.4) is 0 Å². The van der Waals surface area contributed by atoms with Crippen molar-refractivity contribution in [1.29, 1.82) is 0 Å². The average Bonchev–Trinajstić information content (AvgIpc) is 2.86. The van der Waals surface area contributed by atoms with Crippen LogP contribution in [0.4, 0.5) is 4.79 Å². The Morgan fingerprint density at radius 3 is 2.18 bits per heavy atom. The normalized spacial score (nSPS) is 16.6. The van der Waals surface area contributed by atoms with E-state index in [1.54, 1.807) is 25.7 Å². The first kappa shape index (κ1) is 32.6. The van der Waals surface area contributed by atoms with Gasteiger partial charge in [-0.3, -0.25) is 9.59 Å². The third-order valence-corrected chi connectivity index (χ3v) is 7.76. The highest BCUT2D eigenvalue weighted by Gasteiger charge is 2.39. The number of benzene rings is 1. The van der Waals surface area contributed by atoms with Crippen molar-refractivity contribution < 1.29 is 19.1 Å². The second-order valence-corrected chi connectivity index (χ2v) is 12.3. The molecule has 1 aliphatic carbocycles. The zero-order chi connectivity index (χ0) is 29.2. The van der Waals surface area contributed by atoms with E-state index in [2.05, 4.69) is 17.6 Å². The highest BCUT2D eigenvalue weighted by Crippen LogP contribution is 2.31. The number of carbonyl (C=O) groups excluding carboxylic acids is 3. The molecule has 7 heteroatoms. The Bertz CT molecular complexity index is 929. The van der Waals surface area contributed by atoms with Gasteiger partial charge in [0.1, 0.15) is 17.7 Å². The third-order valence-electron chi connectivity index (χ3n) is 7.76. The molecule has 1 aliphatic rings. The summed E-state index contributed by atoms with van der Waals surface area (Å²) < 4.78 is 5.52. The van der Waals surface area contributed by atoms with Gasteiger partial charge in [-0.2, -0.15) is 0 Å². The molecular formula is C32H53N3O4. The van der Waals surface area contributed by atoms with Crippen molar-refractivity contribution in [2.45, 2.75) is 137 Å². The van der Waals surface area contributed by atoms with Crippen LogP contribution in [0.15, 0.2) is 18.2 Å². The molecule has 0 heterocycles. The number of nitrogens with zero attached hydrogens (tertiary/aromatic N) is 1. The van der Waals surface area contributed by atoms with Gasteiger partial charge in [-0.05, 0) is 76.5 Å². The molecule has 39 heavy (non-hydrogen) atoms. The van der Waals surface area contributed by atoms with Crippen LogP contribution in [0.1, 0.15) is 122 Å². The van der Waals surface area contributed by atoms with Gasteiger partial charge >= 0.3 is 6.09 Å². The lowest BCUT2D eigenvalue weighted by molar-refractivity contribution is -0.144. The Morgan fingerprint density at radius 2 is 1.64 bits per heavy atom. The van der Waals surface area contributed by atoms with Crippen LogP contribution in [0.2, 0.25) is 0 Å². The maximum absolute atomic E-state index is 14.4. The number of hydrogen-bond acceptors (Lipinski definition) is 4. The van der Waals surface area contributed by atoms with E-state index < -0.39 is 23.8 Å². The maximum atomic E-state index is 14.4. The van der Waals surface area contributed by atoms with E-state index in [9.17, 15) is 14.4 Å². The van der Waals surface area contributed by atoms with Gasteiger partial charge in [-0.25, -0.2) is 4.79 Å². The van der Waals surface area contributed by atoms with Gasteiger partial charge in [0, 0.05) is 12.6 Å². The summed E-state index contributed by atoms with van der Waals surface area (Å²) >= 11 is 0. The highest BCUT2D eigenvalue weighted by atomic mass is 16.6. The molecule has 7 nitrogen and oxygen atoms in total. The van der Waals surface area contributed by atoms with E-state index in [4.69, 9.17) is 4.74 Å². The van der Waals surface area contributed by atoms with Gasteiger partial charge in [0.25, 0.3) is 0 Å². The van der Waals surface area contributed by atoms with Crippen molar-refractivity contribution >= 4 is 17.9 Å². The quantitative estimate of drug-likeness (QED) is 0.285. The molecular weight excluding hydrogens is 490 g/mol. The summed E-state index contributed by atoms with van der Waals surface area (Å²) in [6, 6.07) is 4.53. The Hall–Kier alpha value is -2.57. The molecule has 3 atom stereocenters. The summed E-state index contributed by atoms with van der Waals surface area (Å²) in [6.07, 6.45) is 8.12. The minimum Gasteiger partial charge on any atom is -0.444 e. The molecule has 0 spiro atoms. The molecule has 220 valence electrons. The first-order valence-electron chi connectivity index (χ1n) is 15.1. The Labute approximate surface area is 236 Å². The van der Waals surface area contributed by atoms with Crippen LogP contribution in [-0.4, -0.2) is 47.0 Å². The molecule has 3 amide bonds. The topological polar surface area (TPSA) is 87.7 Å². The molecule has 1 fully saturated rings. The SMILES string of the molecule is CCCCCN(C(=O)C(NC(=O)OC(C)(C)C)C(C)CC)C(C(=O)NC1CCCCC1)c1c(C)cccc1C. The number of alkyl carbamates (subject to hydrolysis) is 1. The lowest BCUT2D eigenvalue weighted by Gasteiger charge is -2.38. The van der Waals surface area contributed by atoms with Crippen molar-refractivity contribution in [1.82, 2.24) is 15.5 Å². The number of aryl methyl sites for hydroxylation is 2. The highest BCUT2D eigenvalue weighted by molar-refractivity contribution is 5.92. The fourth-order valence-electron chi connectivity index (χ4n) is 5.41. The van der Waals surface area contributed by atoms with E-state index >= 15 is 0 Å². The second-order valence-electron chi connectivity index (χ2n) is 12.3. The maximum Gasteiger partial charge on any atom is 0.408 e. The summed E-state index contributed by atoms with van der Waals surface area (Å²) in [7, 11) is 0. The Morgan fingerprint density at radius 1 is 1.03 bits per heavy atom. The average molecular weight is 544 g/mol. The third kappa shape index (κ3) is 9.84. The molecule has 0 radical (unpaired) electrons. The van der Waals surface area contributed by atoms with Crippen LogP contribution in [0, 0.1) is 19.8 Å². The number of rotatable bonds is 12. The number of hydrogen-bond donors (Lipinski definition) is 2. The molecule has 0 saturated heterocycles. The number of carbonyl (C=O) groups is 3.